The smallest absolute Gasteiger partial charge is 0.341 e. The third-order valence-electron chi connectivity index (χ3n) is 5.33. The molecule has 0 bridgehead atoms. The Morgan fingerprint density at radius 3 is 2.49 bits per heavy atom. The average Bonchev–Trinajstić information content (AvgIpc) is 3.39. The molecule has 0 aliphatic heterocycles. The summed E-state index contributed by atoms with van der Waals surface area (Å²) in [4.78, 5) is 28.1. The summed E-state index contributed by atoms with van der Waals surface area (Å²) in [5, 5.41) is 19.0. The van der Waals surface area contributed by atoms with Crippen molar-refractivity contribution >= 4 is 56.2 Å². The van der Waals surface area contributed by atoms with Crippen LogP contribution in [0.2, 0.25) is 0 Å². The standard InChI is InChI=1S/C28H25BrN4O5S/c1-3-37-24-12-20(22(29)13-25(24)38-15-26(34)35)14-30-33-27(36)19-8-6-18(7-9-19)23-16-39-28(32-23)31-21-10-4-17(2)5-11-21/h4-14,16H,3,15H2,1-2H3,(H,31,32)(H,33,36)(H,34,35)/b30-14-. The van der Waals surface area contributed by atoms with E-state index >= 15 is 0 Å². The molecule has 200 valence electrons. The van der Waals surface area contributed by atoms with Crippen molar-refractivity contribution in [3.05, 3.63) is 87.2 Å². The summed E-state index contributed by atoms with van der Waals surface area (Å²) in [6, 6.07) is 18.4. The number of carbonyl (C=O) groups excluding carboxylic acids is 1. The third kappa shape index (κ3) is 7.65. The van der Waals surface area contributed by atoms with Crippen molar-refractivity contribution < 1.29 is 24.2 Å². The van der Waals surface area contributed by atoms with Crippen LogP contribution < -0.4 is 20.2 Å². The molecule has 0 aliphatic rings. The predicted octanol–water partition coefficient (Wildman–Crippen LogP) is 6.25. The van der Waals surface area contributed by atoms with Gasteiger partial charge in [-0.3, -0.25) is 4.79 Å². The van der Waals surface area contributed by atoms with Gasteiger partial charge in [-0.05, 0) is 66.2 Å². The van der Waals surface area contributed by atoms with Crippen LogP contribution in [0.1, 0.15) is 28.4 Å². The number of thiazole rings is 1. The normalized spacial score (nSPS) is 10.8. The van der Waals surface area contributed by atoms with E-state index in [9.17, 15) is 9.59 Å². The molecule has 1 amide bonds. The summed E-state index contributed by atoms with van der Waals surface area (Å²) < 4.78 is 11.4. The highest BCUT2D eigenvalue weighted by molar-refractivity contribution is 9.10. The van der Waals surface area contributed by atoms with Crippen LogP contribution in [0, 0.1) is 6.92 Å². The first-order valence-corrected chi connectivity index (χ1v) is 13.5. The molecule has 0 saturated carbocycles. The number of ether oxygens (including phenoxy) is 2. The summed E-state index contributed by atoms with van der Waals surface area (Å²) in [5.41, 5.74) is 7.42. The minimum absolute atomic E-state index is 0.283. The molecule has 1 heterocycles. The number of nitrogens with zero attached hydrogens (tertiary/aromatic N) is 2. The minimum Gasteiger partial charge on any atom is -0.490 e. The molecule has 4 rings (SSSR count). The quantitative estimate of drug-likeness (QED) is 0.136. The number of aryl methyl sites for hydroxylation is 1. The van der Waals surface area contributed by atoms with Gasteiger partial charge in [0.25, 0.3) is 5.91 Å². The molecule has 0 unspecified atom stereocenters. The highest BCUT2D eigenvalue weighted by Crippen LogP contribution is 2.33. The fourth-order valence-corrected chi connectivity index (χ4v) is 4.58. The number of benzene rings is 3. The van der Waals surface area contributed by atoms with Gasteiger partial charge < -0.3 is 19.9 Å². The summed E-state index contributed by atoms with van der Waals surface area (Å²) in [6.07, 6.45) is 1.46. The van der Waals surface area contributed by atoms with Crippen molar-refractivity contribution in [3.8, 4) is 22.8 Å². The largest absolute Gasteiger partial charge is 0.490 e. The van der Waals surface area contributed by atoms with Crippen molar-refractivity contribution in [2.75, 3.05) is 18.5 Å². The van der Waals surface area contributed by atoms with Crippen molar-refractivity contribution in [2.24, 2.45) is 5.10 Å². The first kappa shape index (κ1) is 27.8. The van der Waals surface area contributed by atoms with Gasteiger partial charge in [0.15, 0.2) is 23.2 Å². The summed E-state index contributed by atoms with van der Waals surface area (Å²) in [5.74, 6) is -0.822. The number of amides is 1. The lowest BCUT2D eigenvalue weighted by atomic mass is 10.1. The number of carboxylic acids is 1. The third-order valence-corrected chi connectivity index (χ3v) is 6.78. The van der Waals surface area contributed by atoms with Crippen LogP contribution >= 0.6 is 27.3 Å². The second kappa shape index (κ2) is 13.0. The Morgan fingerprint density at radius 1 is 1.08 bits per heavy atom. The SMILES string of the molecule is CCOc1cc(/C=N\NC(=O)c2ccc(-c3csc(Nc4ccc(C)cc4)n3)cc2)c(Br)cc1OCC(=O)O. The van der Waals surface area contributed by atoms with Crippen LogP contribution in [0.5, 0.6) is 11.5 Å². The van der Waals surface area contributed by atoms with E-state index in [1.54, 1.807) is 31.2 Å². The van der Waals surface area contributed by atoms with E-state index < -0.39 is 12.6 Å². The Hall–Kier alpha value is -4.22. The Morgan fingerprint density at radius 2 is 1.79 bits per heavy atom. The van der Waals surface area contributed by atoms with E-state index in [0.717, 1.165) is 22.1 Å². The topological polar surface area (TPSA) is 122 Å². The number of aliphatic carboxylic acids is 1. The predicted molar refractivity (Wildman–Crippen MR) is 156 cm³/mol. The molecule has 3 N–H and O–H groups in total. The van der Waals surface area contributed by atoms with Gasteiger partial charge in [0.05, 0.1) is 18.5 Å². The summed E-state index contributed by atoms with van der Waals surface area (Å²) in [6.45, 7) is 3.71. The highest BCUT2D eigenvalue weighted by atomic mass is 79.9. The van der Waals surface area contributed by atoms with Gasteiger partial charge in [-0.15, -0.1) is 11.3 Å². The van der Waals surface area contributed by atoms with Gasteiger partial charge in [-0.25, -0.2) is 15.2 Å². The average molecular weight is 610 g/mol. The maximum absolute atomic E-state index is 12.6. The van der Waals surface area contributed by atoms with E-state index in [2.05, 4.69) is 36.8 Å². The zero-order valence-corrected chi connectivity index (χ0v) is 23.5. The molecule has 11 heteroatoms. The number of hydrogen-bond donors (Lipinski definition) is 3. The highest BCUT2D eigenvalue weighted by Gasteiger charge is 2.12. The number of hydrogen-bond acceptors (Lipinski definition) is 8. The van der Waals surface area contributed by atoms with Crippen LogP contribution in [0.25, 0.3) is 11.3 Å². The van der Waals surface area contributed by atoms with Crippen molar-refractivity contribution in [1.82, 2.24) is 10.4 Å². The number of carbonyl (C=O) groups is 2. The summed E-state index contributed by atoms with van der Waals surface area (Å²) in [7, 11) is 0. The van der Waals surface area contributed by atoms with E-state index in [0.29, 0.717) is 28.0 Å². The second-order valence-corrected chi connectivity index (χ2v) is 9.95. The van der Waals surface area contributed by atoms with E-state index in [1.807, 2.05) is 48.7 Å². The first-order valence-electron chi connectivity index (χ1n) is 11.9. The molecule has 0 atom stereocenters. The van der Waals surface area contributed by atoms with Gasteiger partial charge in [-0.2, -0.15) is 5.10 Å². The van der Waals surface area contributed by atoms with Gasteiger partial charge in [0, 0.05) is 32.2 Å². The van der Waals surface area contributed by atoms with E-state index in [-0.39, 0.29) is 11.7 Å². The van der Waals surface area contributed by atoms with Crippen LogP contribution in [-0.4, -0.2) is 41.4 Å². The van der Waals surface area contributed by atoms with Gasteiger partial charge in [0.1, 0.15) is 0 Å². The minimum atomic E-state index is -1.10. The number of carboxylic acid groups (broad SMARTS) is 1. The van der Waals surface area contributed by atoms with Gasteiger partial charge in [0.2, 0.25) is 0 Å². The molecule has 9 nitrogen and oxygen atoms in total. The molecule has 1 aromatic heterocycles. The Balaban J connectivity index is 1.38. The fraction of sp³-hybridized carbons (Fsp3) is 0.143. The lowest BCUT2D eigenvalue weighted by molar-refractivity contribution is -0.139. The molecule has 0 saturated heterocycles. The number of hydrazone groups is 1. The Bertz CT molecular complexity index is 1490. The van der Waals surface area contributed by atoms with Gasteiger partial charge >= 0.3 is 5.97 Å². The van der Waals surface area contributed by atoms with Crippen LogP contribution in [-0.2, 0) is 4.79 Å². The number of nitrogens with one attached hydrogen (secondary N) is 2. The number of anilines is 2. The van der Waals surface area contributed by atoms with Crippen molar-refractivity contribution in [1.29, 1.82) is 0 Å². The first-order chi connectivity index (χ1) is 18.8. The fourth-order valence-electron chi connectivity index (χ4n) is 3.41. The molecule has 4 aromatic rings. The number of aromatic nitrogens is 1. The van der Waals surface area contributed by atoms with Crippen LogP contribution in [0.4, 0.5) is 10.8 Å². The maximum Gasteiger partial charge on any atom is 0.341 e. The van der Waals surface area contributed by atoms with E-state index in [1.165, 1.54) is 23.1 Å². The lowest BCUT2D eigenvalue weighted by Crippen LogP contribution is -2.17. The van der Waals surface area contributed by atoms with E-state index in [4.69, 9.17) is 14.6 Å². The molecule has 3 aromatic carbocycles. The molecule has 39 heavy (non-hydrogen) atoms. The number of halogens is 1. The maximum atomic E-state index is 12.6. The van der Waals surface area contributed by atoms with Crippen LogP contribution in [0.15, 0.2) is 75.6 Å². The molecule has 0 fully saturated rings. The number of rotatable bonds is 11. The molecule has 0 radical (unpaired) electrons. The molecular weight excluding hydrogens is 584 g/mol. The zero-order valence-electron chi connectivity index (χ0n) is 21.1. The van der Waals surface area contributed by atoms with Crippen molar-refractivity contribution in [2.45, 2.75) is 13.8 Å². The Labute approximate surface area is 237 Å². The zero-order chi connectivity index (χ0) is 27.8. The second-order valence-electron chi connectivity index (χ2n) is 8.24. The molecule has 0 spiro atoms. The molecular formula is C28H25BrN4O5S. The van der Waals surface area contributed by atoms with Gasteiger partial charge in [-0.1, -0.05) is 29.8 Å². The van der Waals surface area contributed by atoms with Crippen LogP contribution in [0.3, 0.4) is 0 Å². The Kier molecular flexibility index (Phi) is 9.29. The summed E-state index contributed by atoms with van der Waals surface area (Å²) >= 11 is 4.91. The molecule has 0 aliphatic carbocycles. The monoisotopic (exact) mass is 608 g/mol. The lowest BCUT2D eigenvalue weighted by Gasteiger charge is -2.12. The van der Waals surface area contributed by atoms with Crippen molar-refractivity contribution in [3.63, 3.8) is 0 Å².